The van der Waals surface area contributed by atoms with E-state index >= 15 is 0 Å². The summed E-state index contributed by atoms with van der Waals surface area (Å²) in [5.74, 6) is -0.227. The molecule has 5 rings (SSSR count). The molecule has 2 aromatic heterocycles. The van der Waals surface area contributed by atoms with Gasteiger partial charge in [-0.15, -0.1) is 11.3 Å². The van der Waals surface area contributed by atoms with E-state index in [-0.39, 0.29) is 24.5 Å². The number of hydrogen-bond donors (Lipinski definition) is 4. The summed E-state index contributed by atoms with van der Waals surface area (Å²) in [5, 5.41) is 24.0. The first-order valence-corrected chi connectivity index (χ1v) is 14.0. The molecule has 0 amide bonds. The van der Waals surface area contributed by atoms with Crippen molar-refractivity contribution in [3.63, 3.8) is 0 Å². The van der Waals surface area contributed by atoms with E-state index in [1.165, 1.54) is 35.0 Å². The van der Waals surface area contributed by atoms with Gasteiger partial charge in [0, 0.05) is 24.7 Å². The maximum Gasteiger partial charge on any atom is 0.333 e. The topological polar surface area (TPSA) is 157 Å². The number of thiophene rings is 1. The van der Waals surface area contributed by atoms with Crippen LogP contribution in [0.4, 0.5) is 5.82 Å². The Hall–Kier alpha value is -2.74. The Bertz CT molecular complexity index is 1360. The van der Waals surface area contributed by atoms with Crippen LogP contribution in [0.15, 0.2) is 48.2 Å². The van der Waals surface area contributed by atoms with E-state index in [1.807, 2.05) is 23.6 Å². The Labute approximate surface area is 213 Å². The number of hydrogen-bond acceptors (Lipinski definition) is 10. The minimum absolute atomic E-state index is 0.0360. The SMILES string of the molecule is NS(=O)(=O)OC[C@H]1C[C@@H](Nc2ncncc2C(=O)c2cc(C3NCCc4ccccc43)cs2)C[C@@H]1O. The number of benzene rings is 1. The van der Waals surface area contributed by atoms with Crippen LogP contribution in [0.1, 0.15) is 50.8 Å². The van der Waals surface area contributed by atoms with Crippen molar-refractivity contribution in [1.82, 2.24) is 15.3 Å². The van der Waals surface area contributed by atoms with Crippen molar-refractivity contribution in [1.29, 1.82) is 0 Å². The summed E-state index contributed by atoms with van der Waals surface area (Å²) in [4.78, 5) is 22.3. The van der Waals surface area contributed by atoms with Crippen LogP contribution in [-0.2, 0) is 20.9 Å². The molecule has 190 valence electrons. The molecule has 10 nitrogen and oxygen atoms in total. The number of aromatic nitrogens is 2. The largest absolute Gasteiger partial charge is 0.393 e. The van der Waals surface area contributed by atoms with Gasteiger partial charge < -0.3 is 15.7 Å². The smallest absolute Gasteiger partial charge is 0.333 e. The van der Waals surface area contributed by atoms with Crippen molar-refractivity contribution in [3.8, 4) is 0 Å². The zero-order valence-electron chi connectivity index (χ0n) is 19.3. The second kappa shape index (κ2) is 10.3. The van der Waals surface area contributed by atoms with Gasteiger partial charge in [0.1, 0.15) is 12.1 Å². The van der Waals surface area contributed by atoms with Crippen molar-refractivity contribution in [2.24, 2.45) is 11.1 Å². The third-order valence-corrected chi connectivity index (χ3v) is 8.10. The normalized spacial score (nSPS) is 23.8. The highest BCUT2D eigenvalue weighted by atomic mass is 32.2. The van der Waals surface area contributed by atoms with E-state index in [1.54, 1.807) is 0 Å². The summed E-state index contributed by atoms with van der Waals surface area (Å²) < 4.78 is 26.8. The van der Waals surface area contributed by atoms with Gasteiger partial charge in [0.05, 0.1) is 29.2 Å². The molecular weight excluding hydrogens is 502 g/mol. The Morgan fingerprint density at radius 3 is 2.97 bits per heavy atom. The van der Waals surface area contributed by atoms with E-state index in [9.17, 15) is 18.3 Å². The Kier molecular flexibility index (Phi) is 7.15. The zero-order valence-corrected chi connectivity index (χ0v) is 21.0. The van der Waals surface area contributed by atoms with Crippen molar-refractivity contribution in [2.75, 3.05) is 18.5 Å². The van der Waals surface area contributed by atoms with E-state index in [0.29, 0.717) is 29.1 Å². The van der Waals surface area contributed by atoms with Gasteiger partial charge in [0.2, 0.25) is 5.78 Å². The second-order valence-electron chi connectivity index (χ2n) is 9.11. The van der Waals surface area contributed by atoms with E-state index in [2.05, 4.69) is 36.9 Å². The highest BCUT2D eigenvalue weighted by molar-refractivity contribution is 7.84. The van der Waals surface area contributed by atoms with Crippen molar-refractivity contribution in [3.05, 3.63) is 75.4 Å². The fourth-order valence-corrected chi connectivity index (χ4v) is 6.19. The maximum atomic E-state index is 13.4. The van der Waals surface area contributed by atoms with Gasteiger partial charge in [-0.05, 0) is 47.4 Å². The van der Waals surface area contributed by atoms with Gasteiger partial charge in [-0.1, -0.05) is 24.3 Å². The summed E-state index contributed by atoms with van der Waals surface area (Å²) in [6, 6.07) is 10.1. The quantitative estimate of drug-likeness (QED) is 0.319. The van der Waals surface area contributed by atoms with Gasteiger partial charge in [0.15, 0.2) is 0 Å². The Balaban J connectivity index is 1.31. The van der Waals surface area contributed by atoms with E-state index in [0.717, 1.165) is 18.5 Å². The molecule has 4 atom stereocenters. The standard InChI is InChI=1S/C24H27N5O5S2/c25-36(32,33)34-11-15-7-17(9-20(15)30)29-24-19(10-26-13-28-24)23(31)21-8-16(12-35-21)22-18-4-2-1-3-14(18)5-6-27-22/h1-4,8,10,12-13,15,17,20,22,27,30H,5-7,9,11H2,(H2,25,32,33)(H,26,28,29)/t15-,17-,20+,22?/m1/s1. The van der Waals surface area contributed by atoms with Crippen LogP contribution < -0.4 is 15.8 Å². The fraction of sp³-hybridized carbons (Fsp3) is 0.375. The first kappa shape index (κ1) is 24.9. The molecule has 1 fully saturated rings. The molecule has 0 saturated heterocycles. The molecule has 3 aromatic rings. The molecule has 3 heterocycles. The number of aliphatic hydroxyl groups is 1. The summed E-state index contributed by atoms with van der Waals surface area (Å²) >= 11 is 1.38. The number of carbonyl (C=O) groups excluding carboxylic acids is 1. The molecule has 0 spiro atoms. The molecule has 1 aliphatic heterocycles. The van der Waals surface area contributed by atoms with Crippen LogP contribution in [0.25, 0.3) is 0 Å². The van der Waals surface area contributed by atoms with Gasteiger partial charge >= 0.3 is 10.3 Å². The van der Waals surface area contributed by atoms with Crippen LogP contribution >= 0.6 is 11.3 Å². The number of anilines is 1. The molecule has 2 aliphatic rings. The van der Waals surface area contributed by atoms with Gasteiger partial charge in [-0.2, -0.15) is 8.42 Å². The molecule has 1 aromatic carbocycles. The molecule has 1 unspecified atom stereocenters. The number of nitrogens with one attached hydrogen (secondary N) is 2. The summed E-state index contributed by atoms with van der Waals surface area (Å²) in [6.45, 7) is 0.669. The number of rotatable bonds is 8. The van der Waals surface area contributed by atoms with Crippen LogP contribution in [0.2, 0.25) is 0 Å². The molecule has 1 saturated carbocycles. The number of aliphatic hydroxyl groups excluding tert-OH is 1. The van der Waals surface area contributed by atoms with Crippen molar-refractivity contribution >= 4 is 33.2 Å². The molecule has 12 heteroatoms. The average molecular weight is 530 g/mol. The van der Waals surface area contributed by atoms with E-state index < -0.39 is 22.3 Å². The third kappa shape index (κ3) is 5.48. The van der Waals surface area contributed by atoms with Gasteiger partial charge in [0.25, 0.3) is 0 Å². The molecule has 0 bridgehead atoms. The number of carbonyl (C=O) groups is 1. The van der Waals surface area contributed by atoms with E-state index in [4.69, 9.17) is 5.14 Å². The molecule has 5 N–H and O–H groups in total. The van der Waals surface area contributed by atoms with Crippen LogP contribution in [0.3, 0.4) is 0 Å². The lowest BCUT2D eigenvalue weighted by molar-refractivity contribution is 0.101. The first-order valence-electron chi connectivity index (χ1n) is 11.6. The number of ketones is 1. The average Bonchev–Trinajstić information content (AvgIpc) is 3.48. The lowest BCUT2D eigenvalue weighted by Gasteiger charge is -2.26. The maximum absolute atomic E-state index is 13.4. The molecular formula is C24H27N5O5S2. The zero-order chi connectivity index (χ0) is 25.3. The second-order valence-corrected chi connectivity index (χ2v) is 11.2. The van der Waals surface area contributed by atoms with Gasteiger partial charge in [-0.3, -0.25) is 8.98 Å². The number of nitrogens with two attached hydrogens (primary N) is 1. The lowest BCUT2D eigenvalue weighted by atomic mass is 9.91. The summed E-state index contributed by atoms with van der Waals surface area (Å²) in [7, 11) is -4.08. The number of fused-ring (bicyclic) bond motifs is 1. The van der Waals surface area contributed by atoms with Gasteiger partial charge in [-0.25, -0.2) is 15.1 Å². The molecule has 1 aliphatic carbocycles. The van der Waals surface area contributed by atoms with Crippen molar-refractivity contribution in [2.45, 2.75) is 37.5 Å². The molecule has 36 heavy (non-hydrogen) atoms. The third-order valence-electron chi connectivity index (χ3n) is 6.69. The predicted octanol–water partition coefficient (Wildman–Crippen LogP) is 1.78. The predicted molar refractivity (Wildman–Crippen MR) is 135 cm³/mol. The van der Waals surface area contributed by atoms with Crippen LogP contribution in [0, 0.1) is 5.92 Å². The fourth-order valence-electron chi connectivity index (χ4n) is 4.94. The summed E-state index contributed by atoms with van der Waals surface area (Å²) in [6.07, 6.45) is 3.84. The van der Waals surface area contributed by atoms with Crippen LogP contribution in [-0.4, -0.2) is 54.6 Å². The summed E-state index contributed by atoms with van der Waals surface area (Å²) in [5.41, 5.74) is 3.92. The minimum Gasteiger partial charge on any atom is -0.393 e. The first-order chi connectivity index (χ1) is 17.3. The highest BCUT2D eigenvalue weighted by Crippen LogP contribution is 2.33. The lowest BCUT2D eigenvalue weighted by Crippen LogP contribution is -2.30. The Morgan fingerprint density at radius 1 is 1.31 bits per heavy atom. The van der Waals surface area contributed by atoms with Crippen LogP contribution in [0.5, 0.6) is 0 Å². The molecule has 0 radical (unpaired) electrons. The van der Waals surface area contributed by atoms with Crippen molar-refractivity contribution < 1.29 is 22.5 Å². The monoisotopic (exact) mass is 529 g/mol. The Morgan fingerprint density at radius 2 is 2.14 bits per heavy atom. The highest BCUT2D eigenvalue weighted by Gasteiger charge is 2.35. The minimum atomic E-state index is -4.08. The number of nitrogens with zero attached hydrogens (tertiary/aromatic N) is 2.